The van der Waals surface area contributed by atoms with E-state index in [-0.39, 0.29) is 36.3 Å². The Labute approximate surface area is 177 Å². The third-order valence-corrected chi connectivity index (χ3v) is 3.97. The molecule has 0 aliphatic rings. The second-order valence-corrected chi connectivity index (χ2v) is 5.93. The summed E-state index contributed by atoms with van der Waals surface area (Å²) in [6.45, 7) is 3.50. The quantitative estimate of drug-likeness (QED) is 0.356. The number of methoxy groups -OCH3 is 1. The zero-order valence-electron chi connectivity index (χ0n) is 15.9. The van der Waals surface area contributed by atoms with E-state index in [9.17, 15) is 9.50 Å². The van der Waals surface area contributed by atoms with E-state index in [1.54, 1.807) is 19.2 Å². The lowest BCUT2D eigenvalue weighted by molar-refractivity contribution is 0.186. The van der Waals surface area contributed by atoms with Crippen LogP contribution in [0.4, 0.5) is 4.39 Å². The Hall–Kier alpha value is -1.87. The van der Waals surface area contributed by atoms with Crippen LogP contribution >= 0.6 is 24.0 Å². The fraction of sp³-hybridized carbons (Fsp3) is 0.350. The van der Waals surface area contributed by atoms with Crippen molar-refractivity contribution in [1.29, 1.82) is 0 Å². The highest BCUT2D eigenvalue weighted by Gasteiger charge is 2.12. The molecule has 0 aliphatic heterocycles. The normalized spacial score (nSPS) is 12.1. The van der Waals surface area contributed by atoms with Crippen molar-refractivity contribution in [2.24, 2.45) is 4.99 Å². The van der Waals surface area contributed by atoms with Crippen molar-refractivity contribution in [3.8, 4) is 5.75 Å². The SMILES string of the molecule is CCNC(=NCC(O)c1ccc(F)cc1)N(C)Cc1ccccc1OC.I. The number of rotatable bonds is 7. The number of nitrogens with one attached hydrogen (secondary N) is 1. The van der Waals surface area contributed by atoms with Crippen LogP contribution in [0.2, 0.25) is 0 Å². The minimum absolute atomic E-state index is 0. The van der Waals surface area contributed by atoms with E-state index in [4.69, 9.17) is 4.74 Å². The van der Waals surface area contributed by atoms with Crippen LogP contribution < -0.4 is 10.1 Å². The maximum Gasteiger partial charge on any atom is 0.194 e. The molecule has 2 aromatic rings. The van der Waals surface area contributed by atoms with Gasteiger partial charge in [0.1, 0.15) is 11.6 Å². The zero-order chi connectivity index (χ0) is 18.9. The average molecular weight is 487 g/mol. The van der Waals surface area contributed by atoms with Crippen LogP contribution in [0, 0.1) is 5.82 Å². The molecule has 0 saturated carbocycles. The van der Waals surface area contributed by atoms with Gasteiger partial charge < -0.3 is 20.1 Å². The average Bonchev–Trinajstić information content (AvgIpc) is 2.65. The first kappa shape index (κ1) is 23.2. The van der Waals surface area contributed by atoms with Crippen molar-refractivity contribution in [3.05, 3.63) is 65.5 Å². The van der Waals surface area contributed by atoms with Gasteiger partial charge in [-0.2, -0.15) is 0 Å². The number of hydrogen-bond acceptors (Lipinski definition) is 3. The van der Waals surface area contributed by atoms with E-state index in [1.807, 2.05) is 43.1 Å². The predicted octanol–water partition coefficient (Wildman–Crippen LogP) is 3.58. The van der Waals surface area contributed by atoms with Crippen molar-refractivity contribution < 1.29 is 14.2 Å². The summed E-state index contributed by atoms with van der Waals surface area (Å²) in [4.78, 5) is 6.48. The molecule has 0 radical (unpaired) electrons. The van der Waals surface area contributed by atoms with Crippen LogP contribution in [-0.2, 0) is 6.54 Å². The zero-order valence-corrected chi connectivity index (χ0v) is 18.2. The van der Waals surface area contributed by atoms with Crippen LogP contribution in [0.15, 0.2) is 53.5 Å². The van der Waals surface area contributed by atoms with Crippen LogP contribution in [0.1, 0.15) is 24.2 Å². The molecule has 27 heavy (non-hydrogen) atoms. The van der Waals surface area contributed by atoms with Crippen molar-refractivity contribution >= 4 is 29.9 Å². The van der Waals surface area contributed by atoms with E-state index < -0.39 is 6.10 Å². The van der Waals surface area contributed by atoms with Gasteiger partial charge in [0.2, 0.25) is 0 Å². The fourth-order valence-corrected chi connectivity index (χ4v) is 2.60. The van der Waals surface area contributed by atoms with E-state index >= 15 is 0 Å². The van der Waals surface area contributed by atoms with E-state index in [0.29, 0.717) is 24.6 Å². The van der Waals surface area contributed by atoms with Gasteiger partial charge in [-0.15, -0.1) is 24.0 Å². The summed E-state index contributed by atoms with van der Waals surface area (Å²) < 4.78 is 18.4. The minimum atomic E-state index is -0.788. The van der Waals surface area contributed by atoms with Gasteiger partial charge in [0.15, 0.2) is 5.96 Å². The molecule has 148 valence electrons. The highest BCUT2D eigenvalue weighted by molar-refractivity contribution is 14.0. The van der Waals surface area contributed by atoms with Crippen LogP contribution in [0.5, 0.6) is 5.75 Å². The number of halogens is 2. The number of aliphatic hydroxyl groups excluding tert-OH is 1. The first-order chi connectivity index (χ1) is 12.5. The molecule has 0 spiro atoms. The van der Waals surface area contributed by atoms with Crippen molar-refractivity contribution in [3.63, 3.8) is 0 Å². The summed E-state index contributed by atoms with van der Waals surface area (Å²) in [6.07, 6.45) is -0.788. The number of aliphatic imine (C=N–C) groups is 1. The summed E-state index contributed by atoms with van der Waals surface area (Å²) in [5.74, 6) is 1.18. The summed E-state index contributed by atoms with van der Waals surface area (Å²) in [6, 6.07) is 13.6. The molecule has 1 atom stereocenters. The van der Waals surface area contributed by atoms with Crippen LogP contribution in [0.25, 0.3) is 0 Å². The Kier molecular flexibility index (Phi) is 10.1. The summed E-state index contributed by atoms with van der Waals surface area (Å²) >= 11 is 0. The Bertz CT molecular complexity index is 725. The van der Waals surface area contributed by atoms with Crippen molar-refractivity contribution in [2.75, 3.05) is 27.2 Å². The van der Waals surface area contributed by atoms with Gasteiger partial charge in [0.05, 0.1) is 19.8 Å². The molecule has 0 bridgehead atoms. The number of aliphatic hydroxyl groups is 1. The molecule has 2 rings (SSSR count). The third-order valence-electron chi connectivity index (χ3n) is 3.97. The molecule has 0 aliphatic carbocycles. The van der Waals surface area contributed by atoms with E-state index in [0.717, 1.165) is 11.3 Å². The summed E-state index contributed by atoms with van der Waals surface area (Å²) in [5.41, 5.74) is 1.68. The molecule has 0 fully saturated rings. The van der Waals surface area contributed by atoms with Gasteiger partial charge in [-0.25, -0.2) is 4.39 Å². The molecule has 2 aromatic carbocycles. The van der Waals surface area contributed by atoms with Gasteiger partial charge in [-0.3, -0.25) is 4.99 Å². The van der Waals surface area contributed by atoms with Gasteiger partial charge in [-0.05, 0) is 30.7 Å². The standard InChI is InChI=1S/C20H26FN3O2.HI/c1-4-22-20(23-13-18(25)15-9-11-17(21)12-10-15)24(2)14-16-7-5-6-8-19(16)26-3;/h5-12,18,25H,4,13-14H2,1-3H3,(H,22,23);1H. The largest absolute Gasteiger partial charge is 0.496 e. The molecule has 0 aromatic heterocycles. The first-order valence-electron chi connectivity index (χ1n) is 8.60. The van der Waals surface area contributed by atoms with E-state index in [2.05, 4.69) is 10.3 Å². The Morgan fingerprint density at radius 2 is 1.89 bits per heavy atom. The minimum Gasteiger partial charge on any atom is -0.496 e. The molecule has 0 amide bonds. The lowest BCUT2D eigenvalue weighted by atomic mass is 10.1. The second kappa shape index (κ2) is 11.8. The monoisotopic (exact) mass is 487 g/mol. The number of hydrogen-bond donors (Lipinski definition) is 2. The summed E-state index contributed by atoms with van der Waals surface area (Å²) in [7, 11) is 3.58. The van der Waals surface area contributed by atoms with Crippen LogP contribution in [0.3, 0.4) is 0 Å². The lowest BCUT2D eigenvalue weighted by Gasteiger charge is -2.23. The maximum atomic E-state index is 13.0. The number of guanidine groups is 1. The van der Waals surface area contributed by atoms with E-state index in [1.165, 1.54) is 12.1 Å². The summed E-state index contributed by atoms with van der Waals surface area (Å²) in [5, 5.41) is 13.5. The topological polar surface area (TPSA) is 57.1 Å². The Morgan fingerprint density at radius 3 is 2.52 bits per heavy atom. The first-order valence-corrected chi connectivity index (χ1v) is 8.60. The van der Waals surface area contributed by atoms with Crippen molar-refractivity contribution in [1.82, 2.24) is 10.2 Å². The van der Waals surface area contributed by atoms with Gasteiger partial charge in [0.25, 0.3) is 0 Å². The smallest absolute Gasteiger partial charge is 0.194 e. The Morgan fingerprint density at radius 1 is 1.22 bits per heavy atom. The molecule has 7 heteroatoms. The molecule has 2 N–H and O–H groups in total. The highest BCUT2D eigenvalue weighted by atomic mass is 127. The van der Waals surface area contributed by atoms with Crippen LogP contribution in [-0.4, -0.2) is 43.2 Å². The second-order valence-electron chi connectivity index (χ2n) is 5.93. The molecule has 5 nitrogen and oxygen atoms in total. The van der Waals surface area contributed by atoms with Crippen molar-refractivity contribution in [2.45, 2.75) is 19.6 Å². The number of benzene rings is 2. The lowest BCUT2D eigenvalue weighted by Crippen LogP contribution is -2.38. The molecule has 1 unspecified atom stereocenters. The van der Waals surface area contributed by atoms with Gasteiger partial charge >= 0.3 is 0 Å². The maximum absolute atomic E-state index is 13.0. The number of para-hydroxylation sites is 1. The van der Waals surface area contributed by atoms with Gasteiger partial charge in [-0.1, -0.05) is 30.3 Å². The molecular weight excluding hydrogens is 460 g/mol. The Balaban J connectivity index is 0.00000364. The third kappa shape index (κ3) is 6.99. The molecular formula is C20H27FIN3O2. The fourth-order valence-electron chi connectivity index (χ4n) is 2.60. The molecule has 0 heterocycles. The number of ether oxygens (including phenoxy) is 1. The molecule has 0 saturated heterocycles. The highest BCUT2D eigenvalue weighted by Crippen LogP contribution is 2.19. The van der Waals surface area contributed by atoms with Gasteiger partial charge in [0, 0.05) is 25.7 Å². The number of nitrogens with zero attached hydrogens (tertiary/aromatic N) is 2. The predicted molar refractivity (Wildman–Crippen MR) is 117 cm³/mol.